The number of unbranched alkanes of at least 4 members (excludes halogenated alkanes) is 3. The summed E-state index contributed by atoms with van der Waals surface area (Å²) in [7, 11) is 3.90. The van der Waals surface area contributed by atoms with E-state index in [0.717, 1.165) is 37.7 Å². The second-order valence-electron chi connectivity index (χ2n) is 4.86. The van der Waals surface area contributed by atoms with E-state index in [-0.39, 0.29) is 0 Å². The van der Waals surface area contributed by atoms with E-state index in [1.807, 2.05) is 25.3 Å². The van der Waals surface area contributed by atoms with Crippen LogP contribution >= 0.6 is 0 Å². The van der Waals surface area contributed by atoms with E-state index in [4.69, 9.17) is 4.42 Å². The van der Waals surface area contributed by atoms with Crippen molar-refractivity contribution in [3.8, 4) is 0 Å². The number of rotatable bonds is 9. The van der Waals surface area contributed by atoms with Crippen LogP contribution in [0.5, 0.6) is 0 Å². The molecule has 1 rings (SSSR count). The van der Waals surface area contributed by atoms with Crippen molar-refractivity contribution in [2.24, 2.45) is 4.99 Å². The number of nitrogens with zero attached hydrogens (tertiary/aromatic N) is 2. The van der Waals surface area contributed by atoms with Gasteiger partial charge in [0.15, 0.2) is 5.96 Å². The number of nitrogens with one attached hydrogen (secondary N) is 1. The molecule has 0 aliphatic heterocycles. The van der Waals surface area contributed by atoms with Gasteiger partial charge in [-0.1, -0.05) is 12.5 Å². The van der Waals surface area contributed by atoms with Gasteiger partial charge in [-0.15, -0.1) is 6.58 Å². The maximum Gasteiger partial charge on any atom is 0.193 e. The number of hydrogen-bond acceptors (Lipinski definition) is 2. The van der Waals surface area contributed by atoms with Gasteiger partial charge in [0.25, 0.3) is 0 Å². The molecule has 0 amide bonds. The predicted octanol–water partition coefficient (Wildman–Crippen LogP) is 3.08. The molecule has 112 valence electrons. The molecule has 0 atom stereocenters. The molecule has 0 aliphatic rings. The van der Waals surface area contributed by atoms with Gasteiger partial charge in [-0.2, -0.15) is 0 Å². The van der Waals surface area contributed by atoms with Gasteiger partial charge >= 0.3 is 0 Å². The molecule has 0 unspecified atom stereocenters. The summed E-state index contributed by atoms with van der Waals surface area (Å²) in [5.41, 5.74) is 0. The number of guanidine groups is 1. The van der Waals surface area contributed by atoms with E-state index < -0.39 is 0 Å². The molecule has 4 heteroatoms. The average molecular weight is 277 g/mol. The molecule has 1 aromatic heterocycles. The molecule has 0 spiro atoms. The van der Waals surface area contributed by atoms with Crippen LogP contribution in [0.1, 0.15) is 31.4 Å². The highest BCUT2D eigenvalue weighted by atomic mass is 16.3. The Kier molecular flexibility index (Phi) is 8.27. The van der Waals surface area contributed by atoms with Crippen LogP contribution in [0.3, 0.4) is 0 Å². The molecule has 0 aliphatic carbocycles. The SMILES string of the molecule is C=CCCCCCN(C)C(=NC)NCCc1ccco1. The maximum absolute atomic E-state index is 5.31. The zero-order valence-corrected chi connectivity index (χ0v) is 12.8. The molecule has 0 bridgehead atoms. The standard InChI is InChI=1S/C16H27N3O/c1-4-5-6-7-8-13-19(3)16(17-2)18-12-11-15-10-9-14-20-15/h4,9-10,14H,1,5-8,11-13H2,2-3H3,(H,17,18). The fourth-order valence-corrected chi connectivity index (χ4v) is 2.06. The van der Waals surface area contributed by atoms with Gasteiger partial charge in [0, 0.05) is 33.6 Å². The van der Waals surface area contributed by atoms with Crippen molar-refractivity contribution in [1.29, 1.82) is 0 Å². The molecule has 0 saturated heterocycles. The summed E-state index contributed by atoms with van der Waals surface area (Å²) in [5.74, 6) is 1.94. The Morgan fingerprint density at radius 1 is 1.45 bits per heavy atom. The highest BCUT2D eigenvalue weighted by Gasteiger charge is 2.05. The van der Waals surface area contributed by atoms with Gasteiger partial charge in [0.1, 0.15) is 5.76 Å². The summed E-state index contributed by atoms with van der Waals surface area (Å²) in [6.07, 6.45) is 9.32. The largest absolute Gasteiger partial charge is 0.469 e. The Balaban J connectivity index is 2.18. The minimum absolute atomic E-state index is 0.834. The van der Waals surface area contributed by atoms with Gasteiger partial charge < -0.3 is 14.6 Å². The molecule has 1 aromatic rings. The van der Waals surface area contributed by atoms with Gasteiger partial charge in [0.2, 0.25) is 0 Å². The highest BCUT2D eigenvalue weighted by Crippen LogP contribution is 2.02. The average Bonchev–Trinajstić information content (AvgIpc) is 2.96. The van der Waals surface area contributed by atoms with Crippen molar-refractivity contribution in [2.75, 3.05) is 27.2 Å². The van der Waals surface area contributed by atoms with E-state index in [9.17, 15) is 0 Å². The molecular weight excluding hydrogens is 250 g/mol. The minimum Gasteiger partial charge on any atom is -0.469 e. The second kappa shape index (κ2) is 10.1. The monoisotopic (exact) mass is 277 g/mol. The Bertz CT molecular complexity index is 384. The third-order valence-electron chi connectivity index (χ3n) is 3.21. The smallest absolute Gasteiger partial charge is 0.193 e. The van der Waals surface area contributed by atoms with Gasteiger partial charge in [-0.25, -0.2) is 0 Å². The van der Waals surface area contributed by atoms with Gasteiger partial charge in [0.05, 0.1) is 6.26 Å². The summed E-state index contributed by atoms with van der Waals surface area (Å²) in [6, 6.07) is 3.91. The molecule has 0 radical (unpaired) electrons. The quantitative estimate of drug-likeness (QED) is 0.326. The zero-order valence-electron chi connectivity index (χ0n) is 12.8. The number of furan rings is 1. The predicted molar refractivity (Wildman–Crippen MR) is 85.1 cm³/mol. The van der Waals surface area contributed by atoms with E-state index in [1.165, 1.54) is 19.3 Å². The van der Waals surface area contributed by atoms with Crippen molar-refractivity contribution >= 4 is 5.96 Å². The van der Waals surface area contributed by atoms with Crippen molar-refractivity contribution < 1.29 is 4.42 Å². The summed E-state index contributed by atoms with van der Waals surface area (Å²) in [6.45, 7) is 5.60. The third kappa shape index (κ3) is 6.45. The second-order valence-corrected chi connectivity index (χ2v) is 4.86. The topological polar surface area (TPSA) is 40.8 Å². The Labute approximate surface area is 122 Å². The van der Waals surface area contributed by atoms with Crippen LogP contribution < -0.4 is 5.32 Å². The zero-order chi connectivity index (χ0) is 14.6. The summed E-state index contributed by atoms with van der Waals surface area (Å²) in [4.78, 5) is 6.48. The van der Waals surface area contributed by atoms with Gasteiger partial charge in [-0.05, 0) is 31.4 Å². The molecule has 0 fully saturated rings. The first-order chi connectivity index (χ1) is 9.77. The third-order valence-corrected chi connectivity index (χ3v) is 3.21. The van der Waals surface area contributed by atoms with Crippen LogP contribution in [-0.4, -0.2) is 38.0 Å². The molecule has 1 heterocycles. The summed E-state index contributed by atoms with van der Waals surface area (Å²) in [5, 5.41) is 3.36. The lowest BCUT2D eigenvalue weighted by molar-refractivity contribution is 0.452. The van der Waals surface area contributed by atoms with E-state index >= 15 is 0 Å². The summed E-state index contributed by atoms with van der Waals surface area (Å²) >= 11 is 0. The Morgan fingerprint density at radius 2 is 2.30 bits per heavy atom. The molecule has 0 saturated carbocycles. The number of hydrogen-bond donors (Lipinski definition) is 1. The van der Waals surface area contributed by atoms with Crippen LogP contribution in [-0.2, 0) is 6.42 Å². The molecule has 20 heavy (non-hydrogen) atoms. The van der Waals surface area contributed by atoms with E-state index in [1.54, 1.807) is 6.26 Å². The maximum atomic E-state index is 5.31. The summed E-state index contributed by atoms with van der Waals surface area (Å²) < 4.78 is 5.31. The Morgan fingerprint density at radius 3 is 2.95 bits per heavy atom. The minimum atomic E-state index is 0.834. The van der Waals surface area contributed by atoms with Crippen molar-refractivity contribution in [3.63, 3.8) is 0 Å². The number of allylic oxidation sites excluding steroid dienone is 1. The van der Waals surface area contributed by atoms with E-state index in [0.29, 0.717) is 0 Å². The fraction of sp³-hybridized carbons (Fsp3) is 0.562. The molecule has 4 nitrogen and oxygen atoms in total. The first kappa shape index (κ1) is 16.3. The van der Waals surface area contributed by atoms with Crippen molar-refractivity contribution in [2.45, 2.75) is 32.1 Å². The number of aliphatic imine (C=N–C) groups is 1. The fourth-order valence-electron chi connectivity index (χ4n) is 2.06. The lowest BCUT2D eigenvalue weighted by Gasteiger charge is -2.21. The molecule has 0 aromatic carbocycles. The highest BCUT2D eigenvalue weighted by molar-refractivity contribution is 5.79. The molecular formula is C16H27N3O. The Hall–Kier alpha value is -1.71. The van der Waals surface area contributed by atoms with Crippen LogP contribution in [0.2, 0.25) is 0 Å². The lowest BCUT2D eigenvalue weighted by atomic mass is 10.2. The van der Waals surface area contributed by atoms with Crippen LogP contribution in [0.15, 0.2) is 40.5 Å². The lowest BCUT2D eigenvalue weighted by Crippen LogP contribution is -2.40. The first-order valence-corrected chi connectivity index (χ1v) is 7.33. The van der Waals surface area contributed by atoms with Crippen molar-refractivity contribution in [3.05, 3.63) is 36.8 Å². The van der Waals surface area contributed by atoms with E-state index in [2.05, 4.69) is 28.8 Å². The van der Waals surface area contributed by atoms with Crippen LogP contribution in [0, 0.1) is 0 Å². The van der Waals surface area contributed by atoms with Crippen LogP contribution in [0.25, 0.3) is 0 Å². The first-order valence-electron chi connectivity index (χ1n) is 7.33. The van der Waals surface area contributed by atoms with Crippen molar-refractivity contribution in [1.82, 2.24) is 10.2 Å². The normalized spacial score (nSPS) is 11.4. The molecule has 1 N–H and O–H groups in total. The van der Waals surface area contributed by atoms with Crippen LogP contribution in [0.4, 0.5) is 0 Å². The van der Waals surface area contributed by atoms with Gasteiger partial charge in [-0.3, -0.25) is 4.99 Å².